The number of amides is 1. The summed E-state index contributed by atoms with van der Waals surface area (Å²) in [6.45, 7) is 4.99. The number of aryl methyl sites for hydroxylation is 1. The van der Waals surface area contributed by atoms with Crippen LogP contribution < -0.4 is 5.69 Å². The van der Waals surface area contributed by atoms with Gasteiger partial charge in [0.1, 0.15) is 5.69 Å². The lowest BCUT2D eigenvalue weighted by atomic mass is 9.71. The van der Waals surface area contributed by atoms with E-state index < -0.39 is 0 Å². The van der Waals surface area contributed by atoms with Crippen molar-refractivity contribution < 1.29 is 4.79 Å². The van der Waals surface area contributed by atoms with E-state index in [0.29, 0.717) is 12.2 Å². The van der Waals surface area contributed by atoms with Crippen molar-refractivity contribution in [1.82, 2.24) is 14.5 Å². The van der Waals surface area contributed by atoms with E-state index in [1.54, 1.807) is 13.2 Å². The van der Waals surface area contributed by atoms with Gasteiger partial charge in [0, 0.05) is 25.2 Å². The summed E-state index contributed by atoms with van der Waals surface area (Å²) in [5, 5.41) is 0. The highest BCUT2D eigenvalue weighted by Gasteiger charge is 2.49. The Morgan fingerprint density at radius 1 is 1.29 bits per heavy atom. The molecule has 5 nitrogen and oxygen atoms in total. The van der Waals surface area contributed by atoms with Crippen molar-refractivity contribution in [2.45, 2.75) is 19.9 Å². The van der Waals surface area contributed by atoms with Crippen molar-refractivity contribution in [2.24, 2.45) is 12.5 Å². The molecular weight excluding hydrogens is 266 g/mol. The van der Waals surface area contributed by atoms with Gasteiger partial charge in [0.05, 0.1) is 6.04 Å². The maximum atomic E-state index is 12.6. The zero-order valence-corrected chi connectivity index (χ0v) is 12.5. The molecule has 1 unspecified atom stereocenters. The Kier molecular flexibility index (Phi) is 3.01. The van der Waals surface area contributed by atoms with Crippen LogP contribution in [0, 0.1) is 5.41 Å². The van der Waals surface area contributed by atoms with Crippen LogP contribution >= 0.6 is 0 Å². The zero-order chi connectivity index (χ0) is 15.2. The van der Waals surface area contributed by atoms with Gasteiger partial charge in [0.25, 0.3) is 5.91 Å². The second-order valence-corrected chi connectivity index (χ2v) is 6.32. The fraction of sp³-hybridized carbons (Fsp3) is 0.375. The molecule has 1 aliphatic heterocycles. The molecule has 1 aromatic carbocycles. The third-order valence-electron chi connectivity index (χ3n) is 4.12. The number of hydrogen-bond acceptors (Lipinski definition) is 2. The summed E-state index contributed by atoms with van der Waals surface area (Å²) in [5.41, 5.74) is 1.24. The lowest BCUT2D eigenvalue weighted by Crippen LogP contribution is -2.57. The zero-order valence-electron chi connectivity index (χ0n) is 12.5. The summed E-state index contributed by atoms with van der Waals surface area (Å²) in [6, 6.07) is 10.1. The number of hydrogen-bond donors (Lipinski definition) is 1. The van der Waals surface area contributed by atoms with Crippen molar-refractivity contribution in [3.8, 4) is 0 Å². The molecule has 2 aromatic rings. The van der Waals surface area contributed by atoms with Gasteiger partial charge in [-0.15, -0.1) is 0 Å². The van der Waals surface area contributed by atoms with Crippen LogP contribution in [0.2, 0.25) is 0 Å². The van der Waals surface area contributed by atoms with Crippen LogP contribution in [-0.2, 0) is 7.05 Å². The second-order valence-electron chi connectivity index (χ2n) is 6.32. The van der Waals surface area contributed by atoms with Gasteiger partial charge in [-0.25, -0.2) is 4.79 Å². The molecule has 110 valence electrons. The number of imidazole rings is 1. The SMILES string of the molecule is Cn1cc(C(=O)N2CC(C)(C)C2c2ccccc2)[nH]c1=O. The fourth-order valence-electron chi connectivity index (χ4n) is 3.13. The number of nitrogens with zero attached hydrogens (tertiary/aromatic N) is 2. The Morgan fingerprint density at radius 3 is 2.48 bits per heavy atom. The van der Waals surface area contributed by atoms with Crippen LogP contribution in [0.1, 0.15) is 35.9 Å². The molecule has 1 atom stereocenters. The predicted molar refractivity (Wildman–Crippen MR) is 80.0 cm³/mol. The molecule has 1 fully saturated rings. The molecule has 1 N–H and O–H groups in total. The molecule has 2 heterocycles. The first-order valence-corrected chi connectivity index (χ1v) is 7.02. The predicted octanol–water partition coefficient (Wildman–Crippen LogP) is 1.94. The number of likely N-dealkylation sites (tertiary alicyclic amines) is 1. The van der Waals surface area contributed by atoms with Crippen molar-refractivity contribution in [2.75, 3.05) is 6.54 Å². The standard InChI is InChI=1S/C16H19N3O2/c1-16(2)10-19(13(16)11-7-5-4-6-8-11)14(20)12-9-18(3)15(21)17-12/h4-9,13H,10H2,1-3H3,(H,17,21). The van der Waals surface area contributed by atoms with Gasteiger partial charge >= 0.3 is 5.69 Å². The smallest absolute Gasteiger partial charge is 0.325 e. The minimum atomic E-state index is -0.269. The molecule has 0 aliphatic carbocycles. The van der Waals surface area contributed by atoms with Gasteiger partial charge in [-0.05, 0) is 5.56 Å². The molecule has 1 aromatic heterocycles. The molecule has 1 aliphatic rings. The molecule has 21 heavy (non-hydrogen) atoms. The first kappa shape index (κ1) is 13.7. The van der Waals surface area contributed by atoms with Crippen LogP contribution in [0.4, 0.5) is 0 Å². The Balaban J connectivity index is 1.92. The van der Waals surface area contributed by atoms with Gasteiger partial charge in [-0.2, -0.15) is 0 Å². The number of nitrogens with one attached hydrogen (secondary N) is 1. The second kappa shape index (κ2) is 4.62. The monoisotopic (exact) mass is 285 g/mol. The quantitative estimate of drug-likeness (QED) is 0.916. The Labute approximate surface area is 123 Å². The largest absolute Gasteiger partial charge is 0.329 e. The summed E-state index contributed by atoms with van der Waals surface area (Å²) in [4.78, 5) is 28.5. The van der Waals surface area contributed by atoms with Crippen LogP contribution in [-0.4, -0.2) is 26.9 Å². The first-order valence-electron chi connectivity index (χ1n) is 7.02. The van der Waals surface area contributed by atoms with Gasteiger partial charge in [0.15, 0.2) is 0 Å². The number of rotatable bonds is 2. The molecular formula is C16H19N3O2. The van der Waals surface area contributed by atoms with Crippen LogP contribution in [0.15, 0.2) is 41.3 Å². The molecule has 5 heteroatoms. The van der Waals surface area contributed by atoms with Gasteiger partial charge in [0.2, 0.25) is 0 Å². The van der Waals surface area contributed by atoms with E-state index in [1.807, 2.05) is 35.2 Å². The van der Waals surface area contributed by atoms with Gasteiger partial charge < -0.3 is 14.5 Å². The van der Waals surface area contributed by atoms with Gasteiger partial charge in [-0.3, -0.25) is 4.79 Å². The van der Waals surface area contributed by atoms with E-state index in [9.17, 15) is 9.59 Å². The first-order chi connectivity index (χ1) is 9.90. The number of aromatic nitrogens is 2. The number of benzene rings is 1. The third kappa shape index (κ3) is 2.18. The highest BCUT2D eigenvalue weighted by Crippen LogP contribution is 2.48. The maximum Gasteiger partial charge on any atom is 0.325 e. The topological polar surface area (TPSA) is 58.1 Å². The average molecular weight is 285 g/mol. The highest BCUT2D eigenvalue weighted by atomic mass is 16.2. The highest BCUT2D eigenvalue weighted by molar-refractivity contribution is 5.93. The molecule has 0 bridgehead atoms. The summed E-state index contributed by atoms with van der Waals surface area (Å²) >= 11 is 0. The summed E-state index contributed by atoms with van der Waals surface area (Å²) < 4.78 is 1.38. The summed E-state index contributed by atoms with van der Waals surface area (Å²) in [6.07, 6.45) is 1.55. The van der Waals surface area contributed by atoms with E-state index in [2.05, 4.69) is 18.8 Å². The number of carbonyl (C=O) groups excluding carboxylic acids is 1. The Morgan fingerprint density at radius 2 is 1.95 bits per heavy atom. The van der Waals surface area contributed by atoms with Crippen LogP contribution in [0.5, 0.6) is 0 Å². The Bertz CT molecular complexity index is 727. The van der Waals surface area contributed by atoms with Crippen LogP contribution in [0.3, 0.4) is 0 Å². The molecule has 3 rings (SSSR count). The normalized spacial score (nSPS) is 20.1. The number of aromatic amines is 1. The third-order valence-corrected chi connectivity index (χ3v) is 4.12. The minimum Gasteiger partial charge on any atom is -0.329 e. The van der Waals surface area contributed by atoms with Crippen LogP contribution in [0.25, 0.3) is 0 Å². The maximum absolute atomic E-state index is 12.6. The molecule has 1 saturated heterocycles. The lowest BCUT2D eigenvalue weighted by Gasteiger charge is -2.54. The van der Waals surface area contributed by atoms with Crippen molar-refractivity contribution >= 4 is 5.91 Å². The fourth-order valence-corrected chi connectivity index (χ4v) is 3.13. The number of carbonyl (C=O) groups is 1. The van der Waals surface area contributed by atoms with Crippen molar-refractivity contribution in [3.63, 3.8) is 0 Å². The van der Waals surface area contributed by atoms with E-state index >= 15 is 0 Å². The van der Waals surface area contributed by atoms with E-state index in [-0.39, 0.29) is 23.1 Å². The van der Waals surface area contributed by atoms with Crippen molar-refractivity contribution in [1.29, 1.82) is 0 Å². The van der Waals surface area contributed by atoms with Gasteiger partial charge in [-0.1, -0.05) is 44.2 Å². The number of H-pyrrole nitrogens is 1. The molecule has 0 radical (unpaired) electrons. The van der Waals surface area contributed by atoms with E-state index in [1.165, 1.54) is 4.57 Å². The summed E-state index contributed by atoms with van der Waals surface area (Å²) in [5.74, 6) is -0.124. The van der Waals surface area contributed by atoms with E-state index in [4.69, 9.17) is 0 Å². The van der Waals surface area contributed by atoms with Crippen molar-refractivity contribution in [3.05, 3.63) is 58.3 Å². The molecule has 0 spiro atoms. The van der Waals surface area contributed by atoms with E-state index in [0.717, 1.165) is 5.56 Å². The minimum absolute atomic E-state index is 0.0338. The lowest BCUT2D eigenvalue weighted by molar-refractivity contribution is -0.0326. The molecule has 1 amide bonds. The molecule has 0 saturated carbocycles. The average Bonchev–Trinajstić information content (AvgIpc) is 2.77. The summed E-state index contributed by atoms with van der Waals surface area (Å²) in [7, 11) is 1.63. The Hall–Kier alpha value is -2.30.